The summed E-state index contributed by atoms with van der Waals surface area (Å²) in [5, 5.41) is 8.56. The molecule has 1 aliphatic heterocycles. The van der Waals surface area contributed by atoms with Crippen LogP contribution in [0.4, 0.5) is 0 Å². The van der Waals surface area contributed by atoms with Crippen molar-refractivity contribution < 1.29 is 19.3 Å². The summed E-state index contributed by atoms with van der Waals surface area (Å²) in [6.45, 7) is 16.6. The van der Waals surface area contributed by atoms with Crippen molar-refractivity contribution in [3.63, 3.8) is 0 Å². The van der Waals surface area contributed by atoms with Gasteiger partial charge in [0, 0.05) is 26.1 Å². The number of ether oxygens (including phenoxy) is 3. The van der Waals surface area contributed by atoms with Crippen molar-refractivity contribution in [3.05, 3.63) is 35.6 Å². The largest absolute Gasteiger partial charge is 0.394 e. The van der Waals surface area contributed by atoms with E-state index in [0.29, 0.717) is 6.10 Å². The number of aliphatic imine (C=N–C) groups is 1. The van der Waals surface area contributed by atoms with E-state index in [9.17, 15) is 0 Å². The number of methoxy groups -OCH3 is 2. The summed E-state index contributed by atoms with van der Waals surface area (Å²) in [6, 6.07) is 0. The monoisotopic (exact) mass is 439 g/mol. The van der Waals surface area contributed by atoms with Gasteiger partial charge in [-0.05, 0) is 72.8 Å². The van der Waals surface area contributed by atoms with E-state index in [4.69, 9.17) is 19.3 Å². The first-order valence-electron chi connectivity index (χ1n) is 11.5. The van der Waals surface area contributed by atoms with E-state index in [1.165, 1.54) is 17.6 Å². The molecule has 0 saturated carbocycles. The van der Waals surface area contributed by atoms with E-state index in [-0.39, 0.29) is 12.7 Å². The molecule has 1 N–H and O–H groups in total. The molecule has 5 heteroatoms. The third-order valence-electron chi connectivity index (χ3n) is 4.92. The van der Waals surface area contributed by atoms with E-state index in [0.717, 1.165) is 31.4 Å². The van der Waals surface area contributed by atoms with Crippen LogP contribution < -0.4 is 0 Å². The molecule has 5 nitrogen and oxygen atoms in total. The minimum absolute atomic E-state index is 0.130. The van der Waals surface area contributed by atoms with Crippen LogP contribution in [0.1, 0.15) is 87.5 Å². The van der Waals surface area contributed by atoms with Gasteiger partial charge in [-0.3, -0.25) is 4.99 Å². The molecule has 182 valence electrons. The second-order valence-corrected chi connectivity index (χ2v) is 8.09. The van der Waals surface area contributed by atoms with Crippen LogP contribution in [0.3, 0.4) is 0 Å². The lowest BCUT2D eigenvalue weighted by Crippen LogP contribution is -2.24. The standard InChI is InChI=1S/C15H25N.C6H12O2.C5H12O2/c1-6-9-12-16-14(5)15(11-8-3)13(4)10-7-2;1-5-2-3-6(4-7)8-5;1-5(2,6-3)7-4/h8-9,11-12H,6-7,10H2,1-5H3;5-7H,2-4H2,1H3;1-4H3/b11-8-,12-9+,15-13+,16-14+;;. The zero-order valence-corrected chi connectivity index (χ0v) is 21.8. The Morgan fingerprint density at radius 1 is 1.16 bits per heavy atom. The highest BCUT2D eigenvalue weighted by Gasteiger charge is 2.19. The lowest BCUT2D eigenvalue weighted by molar-refractivity contribution is -0.178. The van der Waals surface area contributed by atoms with Crippen LogP contribution in [0.2, 0.25) is 0 Å². The predicted molar refractivity (Wildman–Crippen MR) is 134 cm³/mol. The second kappa shape index (κ2) is 19.4. The summed E-state index contributed by atoms with van der Waals surface area (Å²) in [7, 11) is 3.23. The molecule has 0 aliphatic carbocycles. The van der Waals surface area contributed by atoms with Crippen molar-refractivity contribution in [1.29, 1.82) is 0 Å². The van der Waals surface area contributed by atoms with Crippen molar-refractivity contribution >= 4 is 5.71 Å². The van der Waals surface area contributed by atoms with Crippen LogP contribution >= 0.6 is 0 Å². The van der Waals surface area contributed by atoms with E-state index in [1.807, 2.05) is 33.9 Å². The Bertz CT molecular complexity index is 556. The van der Waals surface area contributed by atoms with Crippen molar-refractivity contribution in [2.45, 2.75) is 105 Å². The van der Waals surface area contributed by atoms with Crippen LogP contribution in [-0.2, 0) is 14.2 Å². The van der Waals surface area contributed by atoms with Gasteiger partial charge in [0.05, 0.1) is 18.8 Å². The van der Waals surface area contributed by atoms with Gasteiger partial charge in [0.15, 0.2) is 5.79 Å². The normalized spacial score (nSPS) is 20.3. The quantitative estimate of drug-likeness (QED) is 0.249. The molecule has 1 aliphatic rings. The molecular weight excluding hydrogens is 390 g/mol. The number of aliphatic hydroxyl groups excluding tert-OH is 1. The maximum atomic E-state index is 8.56. The number of hydrogen-bond acceptors (Lipinski definition) is 5. The zero-order chi connectivity index (χ0) is 24.3. The topological polar surface area (TPSA) is 60.3 Å². The highest BCUT2D eigenvalue weighted by atomic mass is 16.7. The van der Waals surface area contributed by atoms with Crippen molar-refractivity contribution in [1.82, 2.24) is 0 Å². The molecule has 0 amide bonds. The van der Waals surface area contributed by atoms with E-state index >= 15 is 0 Å². The first-order valence-corrected chi connectivity index (χ1v) is 11.5. The van der Waals surface area contributed by atoms with Crippen molar-refractivity contribution in [3.8, 4) is 0 Å². The van der Waals surface area contributed by atoms with Crippen molar-refractivity contribution in [2.75, 3.05) is 20.8 Å². The fraction of sp³-hybridized carbons (Fsp3) is 0.731. The smallest absolute Gasteiger partial charge is 0.161 e. The highest BCUT2D eigenvalue weighted by molar-refractivity contribution is 6.01. The molecule has 2 atom stereocenters. The molecule has 2 unspecified atom stereocenters. The SMILES string of the molecule is CC1CCC(CO)O1.COC(C)(C)OC.C\C=C/C(C(/C)=N/C=C/CC)=C(/C)CCC. The van der Waals surface area contributed by atoms with E-state index < -0.39 is 5.79 Å². The highest BCUT2D eigenvalue weighted by Crippen LogP contribution is 2.17. The zero-order valence-electron chi connectivity index (χ0n) is 21.8. The fourth-order valence-corrected chi connectivity index (χ4v) is 2.69. The first-order chi connectivity index (χ1) is 14.6. The van der Waals surface area contributed by atoms with Gasteiger partial charge >= 0.3 is 0 Å². The summed E-state index contributed by atoms with van der Waals surface area (Å²) in [5.41, 5.74) is 3.81. The van der Waals surface area contributed by atoms with Crippen molar-refractivity contribution in [2.24, 2.45) is 4.99 Å². The number of allylic oxidation sites excluding steroid dienone is 5. The molecule has 0 radical (unpaired) electrons. The molecule has 0 aromatic carbocycles. The number of nitrogens with zero attached hydrogens (tertiary/aromatic N) is 1. The average Bonchev–Trinajstić information content (AvgIpc) is 3.18. The summed E-state index contributed by atoms with van der Waals surface area (Å²) < 4.78 is 15.0. The van der Waals surface area contributed by atoms with E-state index in [2.05, 4.69) is 50.9 Å². The van der Waals surface area contributed by atoms with Gasteiger partial charge in [-0.2, -0.15) is 0 Å². The Balaban J connectivity index is 0. The third-order valence-corrected chi connectivity index (χ3v) is 4.92. The molecule has 1 fully saturated rings. The number of hydrogen-bond donors (Lipinski definition) is 1. The van der Waals surface area contributed by atoms with Gasteiger partial charge in [-0.1, -0.05) is 44.1 Å². The Kier molecular flexibility index (Phi) is 20.0. The minimum Gasteiger partial charge on any atom is -0.394 e. The fourth-order valence-electron chi connectivity index (χ4n) is 2.69. The number of rotatable bonds is 9. The first kappa shape index (κ1) is 31.9. The van der Waals surface area contributed by atoms with Gasteiger partial charge in [0.25, 0.3) is 0 Å². The minimum atomic E-state index is -0.417. The lowest BCUT2D eigenvalue weighted by atomic mass is 10.0. The summed E-state index contributed by atoms with van der Waals surface area (Å²) in [6.07, 6.45) is 14.2. The van der Waals surface area contributed by atoms with Crippen LogP contribution in [-0.4, -0.2) is 49.6 Å². The molecule has 31 heavy (non-hydrogen) atoms. The van der Waals surface area contributed by atoms with Crippen LogP contribution in [0.5, 0.6) is 0 Å². The maximum Gasteiger partial charge on any atom is 0.161 e. The molecular formula is C26H49NO4. The molecule has 0 spiro atoms. The lowest BCUT2D eigenvalue weighted by Gasteiger charge is -2.19. The van der Waals surface area contributed by atoms with Crippen LogP contribution in [0.15, 0.2) is 40.6 Å². The van der Waals surface area contributed by atoms with Crippen LogP contribution in [0, 0.1) is 0 Å². The second-order valence-electron chi connectivity index (χ2n) is 8.09. The molecule has 0 bridgehead atoms. The van der Waals surface area contributed by atoms with Gasteiger partial charge in [-0.15, -0.1) is 0 Å². The molecule has 0 aromatic rings. The summed E-state index contributed by atoms with van der Waals surface area (Å²) in [4.78, 5) is 4.46. The van der Waals surface area contributed by atoms with E-state index in [1.54, 1.807) is 14.2 Å². The molecule has 1 heterocycles. The molecule has 1 rings (SSSR count). The molecule has 0 aromatic heterocycles. The summed E-state index contributed by atoms with van der Waals surface area (Å²) in [5.74, 6) is -0.417. The Hall–Kier alpha value is -1.27. The number of aliphatic hydroxyl groups is 1. The third kappa shape index (κ3) is 17.0. The Morgan fingerprint density at radius 3 is 2.10 bits per heavy atom. The summed E-state index contributed by atoms with van der Waals surface area (Å²) >= 11 is 0. The Labute approximate surface area is 192 Å². The van der Waals surface area contributed by atoms with Gasteiger partial charge < -0.3 is 19.3 Å². The van der Waals surface area contributed by atoms with Gasteiger partial charge in [0.2, 0.25) is 0 Å². The van der Waals surface area contributed by atoms with Crippen LogP contribution in [0.25, 0.3) is 0 Å². The maximum absolute atomic E-state index is 8.56. The van der Waals surface area contributed by atoms with Gasteiger partial charge in [0.1, 0.15) is 0 Å². The van der Waals surface area contributed by atoms with Gasteiger partial charge in [-0.25, -0.2) is 0 Å². The Morgan fingerprint density at radius 2 is 1.77 bits per heavy atom. The predicted octanol–water partition coefficient (Wildman–Crippen LogP) is 6.63. The average molecular weight is 440 g/mol. The molecule has 1 saturated heterocycles.